The Hall–Kier alpha value is -2.30. The number of nitrogens with two attached hydrogens (primary N) is 1. The first-order chi connectivity index (χ1) is 9.74. The van der Waals surface area contributed by atoms with E-state index in [1.807, 2.05) is 20.8 Å². The van der Waals surface area contributed by atoms with Crippen molar-refractivity contribution in [2.24, 2.45) is 0 Å². The fourth-order valence-corrected chi connectivity index (χ4v) is 1.70. The molecule has 2 N–H and O–H groups in total. The third-order valence-electron chi connectivity index (χ3n) is 2.62. The smallest absolute Gasteiger partial charge is 0.241 e. The van der Waals surface area contributed by atoms with Gasteiger partial charge in [-0.1, -0.05) is 0 Å². The number of hydrogen-bond donors (Lipinski definition) is 1. The predicted molar refractivity (Wildman–Crippen MR) is 80.2 cm³/mol. The first-order valence-corrected chi connectivity index (χ1v) is 6.64. The van der Waals surface area contributed by atoms with Crippen molar-refractivity contribution in [3.05, 3.63) is 41.7 Å². The molecule has 0 aliphatic rings. The number of benzene rings is 1. The van der Waals surface area contributed by atoms with Gasteiger partial charge in [-0.2, -0.15) is 4.98 Å². The van der Waals surface area contributed by atoms with E-state index in [2.05, 4.69) is 4.98 Å². The van der Waals surface area contributed by atoms with Crippen molar-refractivity contribution in [3.8, 4) is 17.5 Å². The second kappa shape index (κ2) is 5.60. The molecule has 0 radical (unpaired) electrons. The van der Waals surface area contributed by atoms with E-state index in [4.69, 9.17) is 15.2 Å². The van der Waals surface area contributed by atoms with Crippen LogP contribution in [-0.2, 0) is 0 Å². The number of nitrogens with zero attached hydrogens (tertiary/aromatic N) is 1. The SMILES string of the molecule is Cc1cc(F)ccc1Oc1ccc(N)c(OC(C)(C)C)n1. The molecule has 1 heterocycles. The molecule has 0 aliphatic carbocycles. The van der Waals surface area contributed by atoms with E-state index in [1.54, 1.807) is 25.1 Å². The molecule has 0 saturated heterocycles. The van der Waals surface area contributed by atoms with Gasteiger partial charge in [-0.25, -0.2) is 4.39 Å². The molecule has 0 saturated carbocycles. The molecule has 21 heavy (non-hydrogen) atoms. The Kier molecular flexibility index (Phi) is 4.02. The number of aryl methyl sites for hydroxylation is 1. The highest BCUT2D eigenvalue weighted by Crippen LogP contribution is 2.29. The Labute approximate surface area is 123 Å². The first-order valence-electron chi connectivity index (χ1n) is 6.64. The third kappa shape index (κ3) is 4.08. The lowest BCUT2D eigenvalue weighted by molar-refractivity contribution is 0.124. The predicted octanol–water partition coefficient (Wildman–Crippen LogP) is 4.08. The van der Waals surface area contributed by atoms with Crippen LogP contribution < -0.4 is 15.2 Å². The van der Waals surface area contributed by atoms with E-state index in [9.17, 15) is 4.39 Å². The summed E-state index contributed by atoms with van der Waals surface area (Å²) in [5.41, 5.74) is 6.56. The molecule has 0 unspecified atom stereocenters. The Morgan fingerprint density at radius 1 is 1.14 bits per heavy atom. The molecule has 1 aromatic heterocycles. The van der Waals surface area contributed by atoms with Crippen LogP contribution in [0.15, 0.2) is 30.3 Å². The van der Waals surface area contributed by atoms with Gasteiger partial charge in [-0.3, -0.25) is 0 Å². The van der Waals surface area contributed by atoms with Gasteiger partial charge in [-0.15, -0.1) is 0 Å². The lowest BCUT2D eigenvalue weighted by atomic mass is 10.2. The molecule has 2 aromatic rings. The molecular formula is C16H19FN2O2. The highest BCUT2D eigenvalue weighted by atomic mass is 19.1. The molecule has 1 aromatic carbocycles. The van der Waals surface area contributed by atoms with Gasteiger partial charge in [0.25, 0.3) is 0 Å². The highest BCUT2D eigenvalue weighted by molar-refractivity contribution is 5.50. The molecule has 2 rings (SSSR count). The van der Waals surface area contributed by atoms with Gasteiger partial charge in [-0.05, 0) is 57.5 Å². The summed E-state index contributed by atoms with van der Waals surface area (Å²) in [4.78, 5) is 4.25. The Morgan fingerprint density at radius 2 is 1.86 bits per heavy atom. The van der Waals surface area contributed by atoms with E-state index in [1.165, 1.54) is 12.1 Å². The summed E-state index contributed by atoms with van der Waals surface area (Å²) in [6.45, 7) is 7.49. The normalized spacial score (nSPS) is 11.3. The number of pyridine rings is 1. The average Bonchev–Trinajstić information content (AvgIpc) is 2.35. The van der Waals surface area contributed by atoms with Crippen LogP contribution in [0, 0.1) is 12.7 Å². The largest absolute Gasteiger partial charge is 0.470 e. The number of nitrogen functional groups attached to an aromatic ring is 1. The van der Waals surface area contributed by atoms with Crippen molar-refractivity contribution in [3.63, 3.8) is 0 Å². The van der Waals surface area contributed by atoms with Gasteiger partial charge in [0.1, 0.15) is 17.2 Å². The van der Waals surface area contributed by atoms with Crippen LogP contribution in [0.5, 0.6) is 17.5 Å². The number of halogens is 1. The average molecular weight is 290 g/mol. The lowest BCUT2D eigenvalue weighted by Crippen LogP contribution is -2.24. The van der Waals surface area contributed by atoms with Crippen LogP contribution in [0.2, 0.25) is 0 Å². The summed E-state index contributed by atoms with van der Waals surface area (Å²) in [5.74, 6) is 0.898. The van der Waals surface area contributed by atoms with Crippen molar-refractivity contribution in [2.45, 2.75) is 33.3 Å². The van der Waals surface area contributed by atoms with Gasteiger partial charge in [0.05, 0.1) is 5.69 Å². The maximum atomic E-state index is 13.1. The van der Waals surface area contributed by atoms with Crippen molar-refractivity contribution in [1.29, 1.82) is 0 Å². The number of aromatic nitrogens is 1. The summed E-state index contributed by atoms with van der Waals surface area (Å²) < 4.78 is 24.4. The fraction of sp³-hybridized carbons (Fsp3) is 0.312. The van der Waals surface area contributed by atoms with E-state index < -0.39 is 5.60 Å². The molecule has 0 amide bonds. The van der Waals surface area contributed by atoms with Gasteiger partial charge in [0, 0.05) is 6.07 Å². The second-order valence-corrected chi connectivity index (χ2v) is 5.77. The first kappa shape index (κ1) is 15.1. The van der Waals surface area contributed by atoms with Crippen molar-refractivity contribution < 1.29 is 13.9 Å². The minimum absolute atomic E-state index is 0.304. The van der Waals surface area contributed by atoms with Crippen LogP contribution in [0.4, 0.5) is 10.1 Å². The molecule has 0 aliphatic heterocycles. The summed E-state index contributed by atoms with van der Waals surface area (Å²) in [5, 5.41) is 0. The number of rotatable bonds is 3. The second-order valence-electron chi connectivity index (χ2n) is 5.77. The van der Waals surface area contributed by atoms with E-state index in [-0.39, 0.29) is 5.82 Å². The quantitative estimate of drug-likeness (QED) is 0.925. The van der Waals surface area contributed by atoms with Crippen LogP contribution >= 0.6 is 0 Å². The Balaban J connectivity index is 2.26. The van der Waals surface area contributed by atoms with Crippen LogP contribution in [0.3, 0.4) is 0 Å². The van der Waals surface area contributed by atoms with E-state index in [0.29, 0.717) is 28.8 Å². The van der Waals surface area contributed by atoms with Crippen molar-refractivity contribution >= 4 is 5.69 Å². The van der Waals surface area contributed by atoms with Crippen LogP contribution in [-0.4, -0.2) is 10.6 Å². The Morgan fingerprint density at radius 3 is 2.48 bits per heavy atom. The highest BCUT2D eigenvalue weighted by Gasteiger charge is 2.16. The maximum absolute atomic E-state index is 13.1. The minimum atomic E-state index is -0.411. The standard InChI is InChI=1S/C16H19FN2O2/c1-10-9-11(17)5-7-13(10)20-14-8-6-12(18)15(19-14)21-16(2,3)4/h5-9H,18H2,1-4H3. The molecule has 5 heteroatoms. The van der Waals surface area contributed by atoms with Gasteiger partial charge < -0.3 is 15.2 Å². The van der Waals surface area contributed by atoms with E-state index in [0.717, 1.165) is 0 Å². The summed E-state index contributed by atoms with van der Waals surface area (Å²) in [7, 11) is 0. The zero-order valence-corrected chi connectivity index (χ0v) is 12.6. The molecule has 112 valence electrons. The number of hydrogen-bond acceptors (Lipinski definition) is 4. The zero-order chi connectivity index (χ0) is 15.6. The summed E-state index contributed by atoms with van der Waals surface area (Å²) in [6, 6.07) is 7.62. The van der Waals surface area contributed by atoms with Crippen molar-refractivity contribution in [2.75, 3.05) is 5.73 Å². The lowest BCUT2D eigenvalue weighted by Gasteiger charge is -2.21. The molecule has 0 bridgehead atoms. The molecule has 0 fully saturated rings. The van der Waals surface area contributed by atoms with Gasteiger partial charge in [0.2, 0.25) is 11.8 Å². The van der Waals surface area contributed by atoms with Crippen LogP contribution in [0.25, 0.3) is 0 Å². The molecular weight excluding hydrogens is 271 g/mol. The van der Waals surface area contributed by atoms with Crippen LogP contribution in [0.1, 0.15) is 26.3 Å². The topological polar surface area (TPSA) is 57.4 Å². The molecule has 0 atom stereocenters. The van der Waals surface area contributed by atoms with E-state index >= 15 is 0 Å². The monoisotopic (exact) mass is 290 g/mol. The minimum Gasteiger partial charge on any atom is -0.470 e. The molecule has 0 spiro atoms. The number of ether oxygens (including phenoxy) is 2. The van der Waals surface area contributed by atoms with Gasteiger partial charge >= 0.3 is 0 Å². The maximum Gasteiger partial charge on any atom is 0.241 e. The zero-order valence-electron chi connectivity index (χ0n) is 12.6. The fourth-order valence-electron chi connectivity index (χ4n) is 1.70. The van der Waals surface area contributed by atoms with Crippen molar-refractivity contribution in [1.82, 2.24) is 4.98 Å². The molecule has 4 nitrogen and oxygen atoms in total. The Bertz CT molecular complexity index is 651. The number of anilines is 1. The van der Waals surface area contributed by atoms with Gasteiger partial charge in [0.15, 0.2) is 0 Å². The third-order valence-corrected chi connectivity index (χ3v) is 2.62. The summed E-state index contributed by atoms with van der Waals surface area (Å²) >= 11 is 0. The summed E-state index contributed by atoms with van der Waals surface area (Å²) in [6.07, 6.45) is 0.